The van der Waals surface area contributed by atoms with E-state index in [1.807, 2.05) is 4.90 Å². The predicted octanol–water partition coefficient (Wildman–Crippen LogP) is 0.672. The summed E-state index contributed by atoms with van der Waals surface area (Å²) in [5, 5.41) is 3.34. The third-order valence-corrected chi connectivity index (χ3v) is 2.83. The highest BCUT2D eigenvalue weighted by atomic mass is 35.5. The number of halogens is 2. The molecule has 2 saturated heterocycles. The molecule has 2 rings (SSSR count). The number of rotatable bonds is 0. The SMILES string of the molecule is CC(=O)N1CC2(CCNC2)C1.Cl.Cl. The van der Waals surface area contributed by atoms with Crippen molar-refractivity contribution in [3.8, 4) is 0 Å². The maximum Gasteiger partial charge on any atom is 0.219 e. The van der Waals surface area contributed by atoms with Gasteiger partial charge >= 0.3 is 0 Å². The third kappa shape index (κ3) is 2.27. The van der Waals surface area contributed by atoms with Crippen molar-refractivity contribution in [3.05, 3.63) is 0 Å². The average Bonchev–Trinajstić information content (AvgIpc) is 2.29. The fraction of sp³-hybridized carbons (Fsp3) is 0.875. The lowest BCUT2D eigenvalue weighted by Crippen LogP contribution is -2.58. The standard InChI is InChI=1S/C8H14N2O.2ClH/c1-7(11)10-5-8(6-10)2-3-9-4-8;;/h9H,2-6H2,1H3;2*1H. The van der Waals surface area contributed by atoms with Gasteiger partial charge in [0.1, 0.15) is 0 Å². The van der Waals surface area contributed by atoms with Gasteiger partial charge in [0, 0.05) is 32.0 Å². The quantitative estimate of drug-likeness (QED) is 0.659. The highest BCUT2D eigenvalue weighted by molar-refractivity contribution is 5.85. The molecule has 2 aliphatic rings. The molecule has 0 saturated carbocycles. The lowest BCUT2D eigenvalue weighted by molar-refractivity contribution is -0.139. The van der Waals surface area contributed by atoms with Gasteiger partial charge in [0.05, 0.1) is 0 Å². The first-order valence-corrected chi connectivity index (χ1v) is 4.18. The molecular formula is C8H16Cl2N2O. The molecule has 1 N–H and O–H groups in total. The molecule has 2 aliphatic heterocycles. The Bertz CT molecular complexity index is 185. The van der Waals surface area contributed by atoms with Gasteiger partial charge in [-0.25, -0.2) is 0 Å². The minimum atomic E-state index is 0. The topological polar surface area (TPSA) is 32.3 Å². The zero-order valence-electron chi connectivity index (χ0n) is 7.71. The largest absolute Gasteiger partial charge is 0.342 e. The van der Waals surface area contributed by atoms with Crippen molar-refractivity contribution in [1.29, 1.82) is 0 Å². The van der Waals surface area contributed by atoms with Gasteiger partial charge in [-0.2, -0.15) is 0 Å². The zero-order chi connectivity index (χ0) is 7.90. The van der Waals surface area contributed by atoms with E-state index in [0.29, 0.717) is 5.41 Å². The molecule has 0 atom stereocenters. The van der Waals surface area contributed by atoms with Crippen LogP contribution >= 0.6 is 24.8 Å². The summed E-state index contributed by atoms with van der Waals surface area (Å²) < 4.78 is 0. The smallest absolute Gasteiger partial charge is 0.219 e. The van der Waals surface area contributed by atoms with Crippen LogP contribution in [0, 0.1) is 5.41 Å². The second-order valence-electron chi connectivity index (χ2n) is 3.80. The van der Waals surface area contributed by atoms with Crippen LogP contribution in [0.3, 0.4) is 0 Å². The molecule has 2 fully saturated rings. The van der Waals surface area contributed by atoms with Crippen molar-refractivity contribution in [2.75, 3.05) is 26.2 Å². The summed E-state index contributed by atoms with van der Waals surface area (Å²) in [5.74, 6) is 0.225. The summed E-state index contributed by atoms with van der Waals surface area (Å²) in [5.41, 5.74) is 0.464. The van der Waals surface area contributed by atoms with Crippen LogP contribution < -0.4 is 5.32 Å². The third-order valence-electron chi connectivity index (χ3n) is 2.83. The molecule has 1 spiro atoms. The van der Waals surface area contributed by atoms with Crippen molar-refractivity contribution < 1.29 is 4.79 Å². The van der Waals surface area contributed by atoms with Crippen molar-refractivity contribution in [1.82, 2.24) is 10.2 Å². The van der Waals surface area contributed by atoms with Gasteiger partial charge < -0.3 is 10.2 Å². The maximum atomic E-state index is 10.9. The van der Waals surface area contributed by atoms with E-state index in [-0.39, 0.29) is 30.7 Å². The first-order valence-electron chi connectivity index (χ1n) is 4.18. The number of nitrogens with one attached hydrogen (secondary N) is 1. The molecule has 0 unspecified atom stereocenters. The Hall–Kier alpha value is 0.01000. The number of carbonyl (C=O) groups excluding carboxylic acids is 1. The summed E-state index contributed by atoms with van der Waals surface area (Å²) in [6, 6.07) is 0. The fourth-order valence-corrected chi connectivity index (χ4v) is 2.05. The molecule has 0 aliphatic carbocycles. The predicted molar refractivity (Wildman–Crippen MR) is 56.7 cm³/mol. The number of likely N-dealkylation sites (tertiary alicyclic amines) is 1. The minimum Gasteiger partial charge on any atom is -0.342 e. The van der Waals surface area contributed by atoms with E-state index in [1.165, 1.54) is 6.42 Å². The average molecular weight is 227 g/mol. The van der Waals surface area contributed by atoms with Gasteiger partial charge in [-0.15, -0.1) is 24.8 Å². The van der Waals surface area contributed by atoms with E-state index in [1.54, 1.807) is 6.92 Å². The van der Waals surface area contributed by atoms with Crippen LogP contribution in [0.15, 0.2) is 0 Å². The molecular weight excluding hydrogens is 211 g/mol. The first-order chi connectivity index (χ1) is 5.22. The second kappa shape index (κ2) is 4.49. The van der Waals surface area contributed by atoms with Gasteiger partial charge in [0.2, 0.25) is 5.91 Å². The van der Waals surface area contributed by atoms with Gasteiger partial charge in [-0.05, 0) is 13.0 Å². The van der Waals surface area contributed by atoms with Gasteiger partial charge in [-0.1, -0.05) is 0 Å². The molecule has 78 valence electrons. The zero-order valence-corrected chi connectivity index (χ0v) is 9.34. The number of hydrogen-bond acceptors (Lipinski definition) is 2. The highest BCUT2D eigenvalue weighted by Gasteiger charge is 2.45. The van der Waals surface area contributed by atoms with Gasteiger partial charge in [-0.3, -0.25) is 4.79 Å². The van der Waals surface area contributed by atoms with Crippen LogP contribution in [-0.4, -0.2) is 37.0 Å². The number of amides is 1. The van der Waals surface area contributed by atoms with Gasteiger partial charge in [0.25, 0.3) is 0 Å². The fourth-order valence-electron chi connectivity index (χ4n) is 2.05. The molecule has 0 radical (unpaired) electrons. The van der Waals surface area contributed by atoms with Crippen molar-refractivity contribution in [3.63, 3.8) is 0 Å². The van der Waals surface area contributed by atoms with Crippen LogP contribution in [0.2, 0.25) is 0 Å². The highest BCUT2D eigenvalue weighted by Crippen LogP contribution is 2.35. The maximum absolute atomic E-state index is 10.9. The summed E-state index contributed by atoms with van der Waals surface area (Å²) in [6.07, 6.45) is 1.25. The van der Waals surface area contributed by atoms with E-state index in [2.05, 4.69) is 5.32 Å². The van der Waals surface area contributed by atoms with E-state index in [0.717, 1.165) is 26.2 Å². The molecule has 5 heteroatoms. The number of carbonyl (C=O) groups is 1. The summed E-state index contributed by atoms with van der Waals surface area (Å²) in [6.45, 7) is 5.85. The van der Waals surface area contributed by atoms with Crippen LogP contribution in [0.5, 0.6) is 0 Å². The summed E-state index contributed by atoms with van der Waals surface area (Å²) in [4.78, 5) is 12.8. The molecule has 0 aromatic rings. The van der Waals surface area contributed by atoms with Crippen LogP contribution in [0.4, 0.5) is 0 Å². The Labute approximate surface area is 91.1 Å². The van der Waals surface area contributed by atoms with Crippen molar-refractivity contribution >= 4 is 30.7 Å². The molecule has 13 heavy (non-hydrogen) atoms. The van der Waals surface area contributed by atoms with Crippen LogP contribution in [-0.2, 0) is 4.79 Å². The number of hydrogen-bond donors (Lipinski definition) is 1. The molecule has 0 aromatic heterocycles. The summed E-state index contributed by atoms with van der Waals surface area (Å²) >= 11 is 0. The molecule has 0 bridgehead atoms. The van der Waals surface area contributed by atoms with Crippen molar-refractivity contribution in [2.24, 2.45) is 5.41 Å². The van der Waals surface area contributed by atoms with E-state index in [4.69, 9.17) is 0 Å². The second-order valence-corrected chi connectivity index (χ2v) is 3.80. The Morgan fingerprint density at radius 1 is 1.38 bits per heavy atom. The Morgan fingerprint density at radius 2 is 2.00 bits per heavy atom. The van der Waals surface area contributed by atoms with Crippen LogP contribution in [0.1, 0.15) is 13.3 Å². The Morgan fingerprint density at radius 3 is 2.38 bits per heavy atom. The lowest BCUT2D eigenvalue weighted by Gasteiger charge is -2.47. The van der Waals surface area contributed by atoms with Crippen LogP contribution in [0.25, 0.3) is 0 Å². The normalized spacial score (nSPS) is 23.0. The van der Waals surface area contributed by atoms with E-state index >= 15 is 0 Å². The summed E-state index contributed by atoms with van der Waals surface area (Å²) in [7, 11) is 0. The van der Waals surface area contributed by atoms with E-state index in [9.17, 15) is 4.79 Å². The minimum absolute atomic E-state index is 0. The number of nitrogens with zero attached hydrogens (tertiary/aromatic N) is 1. The lowest BCUT2D eigenvalue weighted by atomic mass is 9.79. The van der Waals surface area contributed by atoms with Crippen molar-refractivity contribution in [2.45, 2.75) is 13.3 Å². The van der Waals surface area contributed by atoms with E-state index < -0.39 is 0 Å². The Balaban J connectivity index is 0.000000720. The molecule has 3 nitrogen and oxygen atoms in total. The molecule has 0 aromatic carbocycles. The molecule has 1 amide bonds. The monoisotopic (exact) mass is 226 g/mol. The molecule has 2 heterocycles. The van der Waals surface area contributed by atoms with Gasteiger partial charge in [0.15, 0.2) is 0 Å². The first kappa shape index (κ1) is 13.0. The Kier molecular flexibility index (Phi) is 4.49.